The van der Waals surface area contributed by atoms with Crippen LogP contribution in [0.1, 0.15) is 49.8 Å². The van der Waals surface area contributed by atoms with Crippen LogP contribution in [0.15, 0.2) is 35.3 Å². The van der Waals surface area contributed by atoms with Gasteiger partial charge in [-0.05, 0) is 36.0 Å². The summed E-state index contributed by atoms with van der Waals surface area (Å²) in [5.74, 6) is -0.748. The van der Waals surface area contributed by atoms with Gasteiger partial charge in [0.05, 0.1) is 22.5 Å². The molecule has 7 heteroatoms. The van der Waals surface area contributed by atoms with Gasteiger partial charge in [0.1, 0.15) is 5.82 Å². The Morgan fingerprint density at radius 1 is 1.26 bits per heavy atom. The number of amides is 1. The zero-order valence-corrected chi connectivity index (χ0v) is 16.5. The second-order valence-electron chi connectivity index (χ2n) is 7.36. The van der Waals surface area contributed by atoms with E-state index in [9.17, 15) is 14.0 Å². The lowest BCUT2D eigenvalue weighted by Crippen LogP contribution is -2.39. The lowest BCUT2D eigenvalue weighted by Gasteiger charge is -2.36. The van der Waals surface area contributed by atoms with Crippen molar-refractivity contribution >= 4 is 29.1 Å². The number of hydrogen-bond acceptors (Lipinski definition) is 2. The highest BCUT2D eigenvalue weighted by Gasteiger charge is 2.41. The molecule has 1 atom stereocenters. The fourth-order valence-electron chi connectivity index (χ4n) is 3.82. The number of halogens is 3. The Labute approximate surface area is 167 Å². The van der Waals surface area contributed by atoms with Gasteiger partial charge >= 0.3 is 0 Å². The topological polar surface area (TPSA) is 62.0 Å². The van der Waals surface area contributed by atoms with E-state index in [1.165, 1.54) is 24.4 Å². The summed E-state index contributed by atoms with van der Waals surface area (Å²) in [6, 6.07) is 5.08. The fraction of sp³-hybridized carbons (Fsp3) is 0.400. The first-order valence-electron chi connectivity index (χ1n) is 8.90. The standard InChI is InChI=1S/C20H21Cl2FN2O2/c1-20(8-2-3-9-20)19(17-14(23)6-5-13(21)18(17)22)25-16(27)10-12-4-7-15(26)24-11-12/h4-7,11,19H,2-3,8-10H2,1H3,(H,24,26)(H,25,27)/t19-/m1/s1. The van der Waals surface area contributed by atoms with E-state index in [1.807, 2.05) is 6.92 Å². The molecular weight excluding hydrogens is 390 g/mol. The maximum atomic E-state index is 14.7. The summed E-state index contributed by atoms with van der Waals surface area (Å²) in [5, 5.41) is 3.37. The van der Waals surface area contributed by atoms with Crippen LogP contribution < -0.4 is 10.9 Å². The van der Waals surface area contributed by atoms with Crippen molar-refractivity contribution in [2.45, 2.75) is 45.1 Å². The van der Waals surface area contributed by atoms with Gasteiger partial charge in [-0.2, -0.15) is 0 Å². The average molecular weight is 411 g/mol. The van der Waals surface area contributed by atoms with Crippen molar-refractivity contribution in [2.24, 2.45) is 5.41 Å². The number of benzene rings is 1. The van der Waals surface area contributed by atoms with E-state index >= 15 is 0 Å². The zero-order valence-electron chi connectivity index (χ0n) is 15.0. The molecule has 1 aromatic heterocycles. The van der Waals surface area contributed by atoms with E-state index in [0.29, 0.717) is 5.56 Å². The number of H-pyrrole nitrogens is 1. The van der Waals surface area contributed by atoms with Crippen LogP contribution in [0.5, 0.6) is 0 Å². The maximum Gasteiger partial charge on any atom is 0.247 e. The number of nitrogens with one attached hydrogen (secondary N) is 2. The van der Waals surface area contributed by atoms with Gasteiger partial charge in [-0.1, -0.05) is 49.0 Å². The van der Waals surface area contributed by atoms with Gasteiger partial charge in [0.15, 0.2) is 0 Å². The number of rotatable bonds is 5. The predicted molar refractivity (Wildman–Crippen MR) is 105 cm³/mol. The normalized spacial score (nSPS) is 16.9. The number of carbonyl (C=O) groups excluding carboxylic acids is 1. The van der Waals surface area contributed by atoms with Crippen LogP contribution in [0.2, 0.25) is 10.0 Å². The van der Waals surface area contributed by atoms with Gasteiger partial charge in [0.25, 0.3) is 0 Å². The SMILES string of the molecule is CC1([C@H](NC(=O)Cc2ccc(=O)[nH]c2)c2c(F)ccc(Cl)c2Cl)CCCC1. The van der Waals surface area contributed by atoms with Crippen molar-refractivity contribution in [1.29, 1.82) is 0 Å². The molecule has 4 nitrogen and oxygen atoms in total. The van der Waals surface area contributed by atoms with E-state index in [-0.39, 0.29) is 38.9 Å². The number of aromatic nitrogens is 1. The van der Waals surface area contributed by atoms with Gasteiger partial charge in [0.2, 0.25) is 11.5 Å². The van der Waals surface area contributed by atoms with Crippen LogP contribution in [-0.4, -0.2) is 10.9 Å². The quantitative estimate of drug-likeness (QED) is 0.695. The molecule has 0 aliphatic heterocycles. The molecule has 27 heavy (non-hydrogen) atoms. The first-order chi connectivity index (χ1) is 12.8. The number of hydrogen-bond donors (Lipinski definition) is 2. The van der Waals surface area contributed by atoms with Crippen molar-refractivity contribution in [3.8, 4) is 0 Å². The second-order valence-corrected chi connectivity index (χ2v) is 8.14. The third-order valence-corrected chi connectivity index (χ3v) is 6.15. The van der Waals surface area contributed by atoms with E-state index in [1.54, 1.807) is 6.07 Å². The Hall–Kier alpha value is -1.85. The number of carbonyl (C=O) groups is 1. The van der Waals surface area contributed by atoms with E-state index in [0.717, 1.165) is 25.7 Å². The molecule has 1 aromatic carbocycles. The highest BCUT2D eigenvalue weighted by molar-refractivity contribution is 6.42. The molecule has 2 N–H and O–H groups in total. The second kappa shape index (κ2) is 8.03. The molecule has 0 saturated heterocycles. The Balaban J connectivity index is 1.91. The molecule has 2 aromatic rings. The summed E-state index contributed by atoms with van der Waals surface area (Å²) >= 11 is 12.4. The van der Waals surface area contributed by atoms with Crippen molar-refractivity contribution in [3.05, 3.63) is 67.8 Å². The minimum absolute atomic E-state index is 0.0726. The molecule has 1 aliphatic carbocycles. The zero-order chi connectivity index (χ0) is 19.6. The highest BCUT2D eigenvalue weighted by Crippen LogP contribution is 2.49. The van der Waals surface area contributed by atoms with Crippen LogP contribution in [0.3, 0.4) is 0 Å². The average Bonchev–Trinajstić information content (AvgIpc) is 3.07. The molecule has 1 saturated carbocycles. The lowest BCUT2D eigenvalue weighted by molar-refractivity contribution is -0.122. The predicted octanol–water partition coefficient (Wildman–Crippen LogP) is 4.80. The summed E-state index contributed by atoms with van der Waals surface area (Å²) in [7, 11) is 0. The molecule has 1 fully saturated rings. The molecule has 3 rings (SSSR count). The molecule has 0 bridgehead atoms. The van der Waals surface area contributed by atoms with Crippen molar-refractivity contribution in [3.63, 3.8) is 0 Å². The first kappa shape index (κ1) is 19.9. The van der Waals surface area contributed by atoms with Crippen molar-refractivity contribution in [1.82, 2.24) is 10.3 Å². The molecule has 0 radical (unpaired) electrons. The molecule has 0 spiro atoms. The third kappa shape index (κ3) is 4.36. The monoisotopic (exact) mass is 410 g/mol. The van der Waals surface area contributed by atoms with Crippen LogP contribution in [-0.2, 0) is 11.2 Å². The Morgan fingerprint density at radius 3 is 2.59 bits per heavy atom. The summed E-state index contributed by atoms with van der Waals surface area (Å²) in [4.78, 5) is 26.4. The van der Waals surface area contributed by atoms with Crippen molar-refractivity contribution < 1.29 is 9.18 Å². The Morgan fingerprint density at radius 2 is 1.96 bits per heavy atom. The summed E-state index contributed by atoms with van der Waals surface area (Å²) in [6.45, 7) is 2.04. The van der Waals surface area contributed by atoms with Crippen LogP contribution in [0, 0.1) is 11.2 Å². The molecular formula is C20H21Cl2FN2O2. The molecule has 0 unspecified atom stereocenters. The first-order valence-corrected chi connectivity index (χ1v) is 9.66. The molecule has 144 valence electrons. The van der Waals surface area contributed by atoms with Crippen molar-refractivity contribution in [2.75, 3.05) is 0 Å². The Kier molecular flexibility index (Phi) is 5.92. The summed E-state index contributed by atoms with van der Waals surface area (Å²) in [5.41, 5.74) is 0.363. The van der Waals surface area contributed by atoms with Gasteiger partial charge in [-0.15, -0.1) is 0 Å². The summed E-state index contributed by atoms with van der Waals surface area (Å²) in [6.07, 6.45) is 5.33. The van der Waals surface area contributed by atoms with Gasteiger partial charge in [-0.25, -0.2) is 4.39 Å². The lowest BCUT2D eigenvalue weighted by atomic mass is 9.77. The van der Waals surface area contributed by atoms with E-state index in [2.05, 4.69) is 10.3 Å². The van der Waals surface area contributed by atoms with Crippen LogP contribution in [0.25, 0.3) is 0 Å². The molecule has 1 aliphatic rings. The Bertz CT molecular complexity index is 887. The van der Waals surface area contributed by atoms with Gasteiger partial charge in [0, 0.05) is 17.8 Å². The molecule has 1 amide bonds. The summed E-state index contributed by atoms with van der Waals surface area (Å²) < 4.78 is 14.7. The minimum Gasteiger partial charge on any atom is -0.348 e. The van der Waals surface area contributed by atoms with E-state index in [4.69, 9.17) is 23.2 Å². The smallest absolute Gasteiger partial charge is 0.247 e. The highest BCUT2D eigenvalue weighted by atomic mass is 35.5. The van der Waals surface area contributed by atoms with Crippen LogP contribution >= 0.6 is 23.2 Å². The van der Waals surface area contributed by atoms with Gasteiger partial charge < -0.3 is 10.3 Å². The van der Waals surface area contributed by atoms with Gasteiger partial charge in [-0.3, -0.25) is 9.59 Å². The fourth-order valence-corrected chi connectivity index (χ4v) is 4.25. The maximum absolute atomic E-state index is 14.7. The number of aromatic amines is 1. The molecule has 1 heterocycles. The number of pyridine rings is 1. The minimum atomic E-state index is -0.582. The third-order valence-electron chi connectivity index (χ3n) is 5.33. The van der Waals surface area contributed by atoms with E-state index < -0.39 is 11.9 Å². The van der Waals surface area contributed by atoms with Crippen LogP contribution in [0.4, 0.5) is 4.39 Å². The largest absolute Gasteiger partial charge is 0.348 e.